The van der Waals surface area contributed by atoms with Gasteiger partial charge in [0.15, 0.2) is 0 Å². The highest BCUT2D eigenvalue weighted by molar-refractivity contribution is 7.89. The van der Waals surface area contributed by atoms with Gasteiger partial charge in [0.25, 0.3) is 0 Å². The Kier molecular flexibility index (Phi) is 7.24. The van der Waals surface area contributed by atoms with E-state index in [4.69, 9.17) is 11.6 Å². The summed E-state index contributed by atoms with van der Waals surface area (Å²) in [7, 11) is -3.54. The molecule has 0 radical (unpaired) electrons. The van der Waals surface area contributed by atoms with Gasteiger partial charge in [-0.3, -0.25) is 4.79 Å². The van der Waals surface area contributed by atoms with Crippen LogP contribution in [0.4, 0.5) is 11.4 Å². The second kappa shape index (κ2) is 9.21. The van der Waals surface area contributed by atoms with Gasteiger partial charge in [0, 0.05) is 29.5 Å². The zero-order chi connectivity index (χ0) is 20.0. The number of nitrogens with one attached hydrogen (secondary N) is 2. The van der Waals surface area contributed by atoms with E-state index in [1.807, 2.05) is 13.0 Å². The molecule has 0 aliphatic rings. The molecule has 0 saturated carbocycles. The zero-order valence-corrected chi connectivity index (χ0v) is 17.2. The van der Waals surface area contributed by atoms with E-state index in [2.05, 4.69) is 10.6 Å². The third-order valence-electron chi connectivity index (χ3n) is 4.09. The number of anilines is 2. The van der Waals surface area contributed by atoms with Crippen LogP contribution in [0.15, 0.2) is 47.4 Å². The minimum atomic E-state index is -3.54. The largest absolute Gasteiger partial charge is 0.376 e. The predicted molar refractivity (Wildman–Crippen MR) is 110 cm³/mol. The Balaban J connectivity index is 2.04. The molecular weight excluding hydrogens is 386 g/mol. The van der Waals surface area contributed by atoms with Crippen molar-refractivity contribution >= 4 is 38.9 Å². The summed E-state index contributed by atoms with van der Waals surface area (Å²) in [5.74, 6) is -0.257. The Hall–Kier alpha value is -2.09. The summed E-state index contributed by atoms with van der Waals surface area (Å²) in [6.45, 7) is 6.28. The number of hydrogen-bond acceptors (Lipinski definition) is 4. The summed E-state index contributed by atoms with van der Waals surface area (Å²) < 4.78 is 26.6. The van der Waals surface area contributed by atoms with E-state index in [1.165, 1.54) is 10.4 Å². The normalized spacial score (nSPS) is 11.4. The summed E-state index contributed by atoms with van der Waals surface area (Å²) in [5, 5.41) is 6.28. The fraction of sp³-hybridized carbons (Fsp3) is 0.316. The Morgan fingerprint density at radius 3 is 2.41 bits per heavy atom. The molecule has 2 aromatic carbocycles. The number of carbonyl (C=O) groups excluding carboxylic acids is 1. The van der Waals surface area contributed by atoms with Crippen molar-refractivity contribution in [1.29, 1.82) is 0 Å². The Morgan fingerprint density at radius 1 is 1.07 bits per heavy atom. The van der Waals surface area contributed by atoms with Crippen LogP contribution in [0.1, 0.15) is 19.4 Å². The van der Waals surface area contributed by atoms with Gasteiger partial charge in [-0.2, -0.15) is 4.31 Å². The maximum Gasteiger partial charge on any atom is 0.243 e. The van der Waals surface area contributed by atoms with Gasteiger partial charge in [0.05, 0.1) is 11.4 Å². The first-order valence-corrected chi connectivity index (χ1v) is 10.5. The van der Waals surface area contributed by atoms with Crippen LogP contribution < -0.4 is 10.6 Å². The number of halogens is 1. The molecule has 0 unspecified atom stereocenters. The molecule has 0 aliphatic carbocycles. The van der Waals surface area contributed by atoms with Crippen LogP contribution in [-0.4, -0.2) is 38.3 Å². The molecule has 6 nitrogen and oxygen atoms in total. The lowest BCUT2D eigenvalue weighted by atomic mass is 10.2. The van der Waals surface area contributed by atoms with E-state index in [1.54, 1.807) is 44.2 Å². The molecule has 27 heavy (non-hydrogen) atoms. The van der Waals surface area contributed by atoms with E-state index in [0.717, 1.165) is 5.56 Å². The standard InChI is InChI=1S/C19H24ClN3O3S/c1-4-23(5-2)27(25,26)17-8-6-7-15(11-17)21-13-19(24)22-16-10-9-14(3)18(20)12-16/h6-12,21H,4-5,13H2,1-3H3,(H,22,24). The van der Waals surface area contributed by atoms with E-state index in [-0.39, 0.29) is 17.3 Å². The van der Waals surface area contributed by atoms with Crippen LogP contribution in [0.3, 0.4) is 0 Å². The Labute approximate surface area is 165 Å². The van der Waals surface area contributed by atoms with Crippen molar-refractivity contribution in [3.8, 4) is 0 Å². The van der Waals surface area contributed by atoms with Gasteiger partial charge < -0.3 is 10.6 Å². The zero-order valence-electron chi connectivity index (χ0n) is 15.6. The fourth-order valence-corrected chi connectivity index (χ4v) is 4.22. The van der Waals surface area contributed by atoms with E-state index in [0.29, 0.717) is 29.5 Å². The summed E-state index contributed by atoms with van der Waals surface area (Å²) in [5.41, 5.74) is 2.09. The lowest BCUT2D eigenvalue weighted by Crippen LogP contribution is -2.30. The van der Waals surface area contributed by atoms with Gasteiger partial charge >= 0.3 is 0 Å². The number of amides is 1. The quantitative estimate of drug-likeness (QED) is 0.696. The van der Waals surface area contributed by atoms with Gasteiger partial charge in [0.2, 0.25) is 15.9 Å². The first-order valence-electron chi connectivity index (χ1n) is 8.68. The molecule has 0 saturated heterocycles. The first kappa shape index (κ1) is 21.2. The molecule has 146 valence electrons. The minimum Gasteiger partial charge on any atom is -0.376 e. The number of sulfonamides is 1. The topological polar surface area (TPSA) is 78.5 Å². The lowest BCUT2D eigenvalue weighted by molar-refractivity contribution is -0.114. The Morgan fingerprint density at radius 2 is 1.78 bits per heavy atom. The highest BCUT2D eigenvalue weighted by Gasteiger charge is 2.21. The predicted octanol–water partition coefficient (Wildman–Crippen LogP) is 3.73. The third-order valence-corrected chi connectivity index (χ3v) is 6.54. The number of rotatable bonds is 8. The molecule has 8 heteroatoms. The monoisotopic (exact) mass is 409 g/mol. The average Bonchev–Trinajstić information content (AvgIpc) is 2.64. The van der Waals surface area contributed by atoms with Crippen molar-refractivity contribution in [3.05, 3.63) is 53.1 Å². The molecule has 1 amide bonds. The van der Waals surface area contributed by atoms with Crippen molar-refractivity contribution in [2.75, 3.05) is 30.3 Å². The maximum absolute atomic E-state index is 12.6. The van der Waals surface area contributed by atoms with Crippen LogP contribution in [0.5, 0.6) is 0 Å². The van der Waals surface area contributed by atoms with Crippen molar-refractivity contribution in [3.63, 3.8) is 0 Å². The van der Waals surface area contributed by atoms with Crippen LogP contribution >= 0.6 is 11.6 Å². The average molecular weight is 410 g/mol. The lowest BCUT2D eigenvalue weighted by Gasteiger charge is -2.19. The minimum absolute atomic E-state index is 0.000264. The molecule has 0 fully saturated rings. The summed E-state index contributed by atoms with van der Waals surface area (Å²) in [4.78, 5) is 12.3. The number of carbonyl (C=O) groups is 1. The molecule has 0 spiro atoms. The molecule has 2 rings (SSSR count). The summed E-state index contributed by atoms with van der Waals surface area (Å²) >= 11 is 6.05. The number of nitrogens with zero attached hydrogens (tertiary/aromatic N) is 1. The second-order valence-corrected chi connectivity index (χ2v) is 8.33. The molecule has 2 N–H and O–H groups in total. The molecule has 0 atom stereocenters. The van der Waals surface area contributed by atoms with Gasteiger partial charge in [-0.05, 0) is 42.8 Å². The molecule has 0 aromatic heterocycles. The molecular formula is C19H24ClN3O3S. The molecule has 2 aromatic rings. The van der Waals surface area contributed by atoms with E-state index < -0.39 is 10.0 Å². The summed E-state index contributed by atoms with van der Waals surface area (Å²) in [6.07, 6.45) is 0. The maximum atomic E-state index is 12.6. The fourth-order valence-electron chi connectivity index (χ4n) is 2.54. The van der Waals surface area contributed by atoms with Crippen molar-refractivity contribution in [2.24, 2.45) is 0 Å². The van der Waals surface area contributed by atoms with Gasteiger partial charge in [-0.15, -0.1) is 0 Å². The van der Waals surface area contributed by atoms with Crippen LogP contribution in [-0.2, 0) is 14.8 Å². The van der Waals surface area contributed by atoms with Crippen LogP contribution in [0, 0.1) is 6.92 Å². The van der Waals surface area contributed by atoms with Crippen molar-refractivity contribution in [1.82, 2.24) is 4.31 Å². The van der Waals surface area contributed by atoms with Gasteiger partial charge in [-0.1, -0.05) is 37.6 Å². The highest BCUT2D eigenvalue weighted by atomic mass is 35.5. The van der Waals surface area contributed by atoms with E-state index in [9.17, 15) is 13.2 Å². The second-order valence-electron chi connectivity index (χ2n) is 5.98. The van der Waals surface area contributed by atoms with Crippen LogP contribution in [0.2, 0.25) is 5.02 Å². The third kappa shape index (κ3) is 5.45. The first-order chi connectivity index (χ1) is 12.8. The number of aryl methyl sites for hydroxylation is 1. The van der Waals surface area contributed by atoms with E-state index >= 15 is 0 Å². The number of benzene rings is 2. The smallest absolute Gasteiger partial charge is 0.243 e. The number of hydrogen-bond donors (Lipinski definition) is 2. The molecule has 0 bridgehead atoms. The van der Waals surface area contributed by atoms with Crippen molar-refractivity contribution < 1.29 is 13.2 Å². The SMILES string of the molecule is CCN(CC)S(=O)(=O)c1cccc(NCC(=O)Nc2ccc(C)c(Cl)c2)c1. The van der Waals surface area contributed by atoms with Gasteiger partial charge in [-0.25, -0.2) is 8.42 Å². The van der Waals surface area contributed by atoms with Crippen LogP contribution in [0.25, 0.3) is 0 Å². The van der Waals surface area contributed by atoms with Crippen molar-refractivity contribution in [2.45, 2.75) is 25.7 Å². The summed E-state index contributed by atoms with van der Waals surface area (Å²) in [6, 6.07) is 11.7. The molecule has 0 aliphatic heterocycles. The molecule has 0 heterocycles. The highest BCUT2D eigenvalue weighted by Crippen LogP contribution is 2.21. The Bertz CT molecular complexity index is 912. The van der Waals surface area contributed by atoms with Gasteiger partial charge in [0.1, 0.15) is 0 Å².